The molecule has 0 spiro atoms. The first-order chi connectivity index (χ1) is 15.6. The quantitative estimate of drug-likeness (QED) is 0.501. The molecule has 1 amide bonds. The predicted molar refractivity (Wildman–Crippen MR) is 126 cm³/mol. The average molecular weight is 448 g/mol. The van der Waals surface area contributed by atoms with Gasteiger partial charge in [0, 0.05) is 56.4 Å². The number of hydrogen-bond acceptors (Lipinski definition) is 6. The van der Waals surface area contributed by atoms with Crippen LogP contribution >= 0.6 is 11.3 Å². The molecule has 0 radical (unpaired) electrons. The second kappa shape index (κ2) is 8.82. The Morgan fingerprint density at radius 3 is 2.91 bits per heavy atom. The molecule has 1 aliphatic rings. The van der Waals surface area contributed by atoms with E-state index in [4.69, 9.17) is 4.74 Å². The number of ether oxygens (including phenoxy) is 1. The van der Waals surface area contributed by atoms with Crippen molar-refractivity contribution in [3.05, 3.63) is 70.9 Å². The molecular formula is C24H25N5O2S. The standard InChI is InChI=1S/C24H25N5O2S/c1-28(2)24(30)22-20(18-9-6-10-25-23(18)32-22)19-15-29(11-12-31-19)14-17-13-26-27-21(17)16-7-4-3-5-8-16/h3-10,13,19H,11-12,14-15H2,1-2H3,(H,26,27). The molecule has 7 nitrogen and oxygen atoms in total. The smallest absolute Gasteiger partial charge is 0.263 e. The molecule has 32 heavy (non-hydrogen) atoms. The van der Waals surface area contributed by atoms with Gasteiger partial charge < -0.3 is 9.64 Å². The van der Waals surface area contributed by atoms with E-state index < -0.39 is 0 Å². The number of pyridine rings is 1. The van der Waals surface area contributed by atoms with Crippen molar-refractivity contribution in [3.63, 3.8) is 0 Å². The van der Waals surface area contributed by atoms with Crippen molar-refractivity contribution in [2.45, 2.75) is 12.6 Å². The fraction of sp³-hybridized carbons (Fsp3) is 0.292. The van der Waals surface area contributed by atoms with Gasteiger partial charge in [-0.3, -0.25) is 14.8 Å². The molecule has 1 atom stereocenters. The zero-order chi connectivity index (χ0) is 22.1. The molecular weight excluding hydrogens is 422 g/mol. The predicted octanol–water partition coefficient (Wildman–Crippen LogP) is 3.96. The van der Waals surface area contributed by atoms with Crippen LogP contribution in [0.1, 0.15) is 26.9 Å². The lowest BCUT2D eigenvalue weighted by molar-refractivity contribution is -0.0323. The number of hydrogen-bond donors (Lipinski definition) is 1. The summed E-state index contributed by atoms with van der Waals surface area (Å²) in [5.74, 6) is -0.00933. The van der Waals surface area contributed by atoms with E-state index >= 15 is 0 Å². The molecule has 0 bridgehead atoms. The monoisotopic (exact) mass is 447 g/mol. The minimum atomic E-state index is -0.187. The fourth-order valence-electron chi connectivity index (χ4n) is 4.18. The summed E-state index contributed by atoms with van der Waals surface area (Å²) in [6.07, 6.45) is 3.48. The number of fused-ring (bicyclic) bond motifs is 1. The molecule has 4 aromatic rings. The highest BCUT2D eigenvalue weighted by molar-refractivity contribution is 7.20. The number of morpholine rings is 1. The van der Waals surface area contributed by atoms with Gasteiger partial charge >= 0.3 is 0 Å². The van der Waals surface area contributed by atoms with E-state index in [9.17, 15) is 4.79 Å². The van der Waals surface area contributed by atoms with Gasteiger partial charge in [0.15, 0.2) is 0 Å². The zero-order valence-electron chi connectivity index (χ0n) is 18.1. The van der Waals surface area contributed by atoms with Crippen LogP contribution in [0.4, 0.5) is 0 Å². The van der Waals surface area contributed by atoms with Crippen LogP contribution in [0.15, 0.2) is 54.9 Å². The highest BCUT2D eigenvalue weighted by Gasteiger charge is 2.31. The summed E-state index contributed by atoms with van der Waals surface area (Å²) in [6, 6.07) is 14.2. The number of rotatable bonds is 5. The number of benzene rings is 1. The molecule has 1 N–H and O–H groups in total. The third-order valence-corrected chi connectivity index (χ3v) is 6.87. The molecule has 0 aliphatic carbocycles. The number of H-pyrrole nitrogens is 1. The molecule has 1 saturated heterocycles. The Morgan fingerprint density at radius 1 is 1.25 bits per heavy atom. The zero-order valence-corrected chi connectivity index (χ0v) is 18.9. The Kier molecular flexibility index (Phi) is 5.73. The molecule has 1 fully saturated rings. The van der Waals surface area contributed by atoms with E-state index in [1.54, 1.807) is 25.2 Å². The molecule has 1 unspecified atom stereocenters. The van der Waals surface area contributed by atoms with E-state index in [0.717, 1.165) is 45.7 Å². The Bertz CT molecular complexity index is 1230. The third-order valence-electron chi connectivity index (χ3n) is 5.75. The van der Waals surface area contributed by atoms with Gasteiger partial charge in [-0.25, -0.2) is 4.98 Å². The normalized spacial score (nSPS) is 17.0. The number of carbonyl (C=O) groups is 1. The van der Waals surface area contributed by atoms with E-state index in [2.05, 4.69) is 32.2 Å². The van der Waals surface area contributed by atoms with Gasteiger partial charge in [0.2, 0.25) is 0 Å². The number of carbonyl (C=O) groups excluding carboxylic acids is 1. The summed E-state index contributed by atoms with van der Waals surface area (Å²) in [4.78, 5) is 23.0. The second-order valence-corrected chi connectivity index (χ2v) is 9.13. The summed E-state index contributed by atoms with van der Waals surface area (Å²) in [5.41, 5.74) is 4.27. The Hall–Kier alpha value is -3.07. The van der Waals surface area contributed by atoms with Crippen LogP contribution in [-0.2, 0) is 11.3 Å². The summed E-state index contributed by atoms with van der Waals surface area (Å²) < 4.78 is 6.21. The maximum atomic E-state index is 12.9. The van der Waals surface area contributed by atoms with Crippen LogP contribution in [0.2, 0.25) is 0 Å². The topological polar surface area (TPSA) is 74.4 Å². The van der Waals surface area contributed by atoms with Gasteiger partial charge in [0.25, 0.3) is 5.91 Å². The van der Waals surface area contributed by atoms with Crippen LogP contribution in [-0.4, -0.2) is 64.7 Å². The van der Waals surface area contributed by atoms with Gasteiger partial charge in [-0.1, -0.05) is 36.4 Å². The molecule has 1 aromatic carbocycles. The number of aromatic amines is 1. The summed E-state index contributed by atoms with van der Waals surface area (Å²) in [5, 5.41) is 8.44. The number of aromatic nitrogens is 3. The Balaban J connectivity index is 1.43. The number of thiophene rings is 1. The van der Waals surface area contributed by atoms with Gasteiger partial charge in [0.1, 0.15) is 9.71 Å². The van der Waals surface area contributed by atoms with Gasteiger partial charge in [-0.05, 0) is 11.6 Å². The first-order valence-corrected chi connectivity index (χ1v) is 11.4. The van der Waals surface area contributed by atoms with Gasteiger partial charge in [-0.15, -0.1) is 11.3 Å². The highest BCUT2D eigenvalue weighted by Crippen LogP contribution is 2.38. The molecule has 164 valence electrons. The van der Waals surface area contributed by atoms with Crippen molar-refractivity contribution in [1.82, 2.24) is 25.0 Å². The van der Waals surface area contributed by atoms with E-state index in [-0.39, 0.29) is 12.0 Å². The van der Waals surface area contributed by atoms with Crippen LogP contribution in [0.3, 0.4) is 0 Å². The largest absolute Gasteiger partial charge is 0.371 e. The minimum absolute atomic E-state index is 0.00933. The number of nitrogens with zero attached hydrogens (tertiary/aromatic N) is 4. The van der Waals surface area contributed by atoms with Crippen molar-refractivity contribution in [1.29, 1.82) is 0 Å². The van der Waals surface area contributed by atoms with Crippen molar-refractivity contribution in [2.75, 3.05) is 33.8 Å². The summed E-state index contributed by atoms with van der Waals surface area (Å²) in [6.45, 7) is 2.90. The average Bonchev–Trinajstić information content (AvgIpc) is 3.44. The third kappa shape index (κ3) is 3.92. The number of amides is 1. The van der Waals surface area contributed by atoms with Gasteiger partial charge in [0.05, 0.1) is 24.6 Å². The van der Waals surface area contributed by atoms with Crippen LogP contribution in [0.25, 0.3) is 21.5 Å². The maximum absolute atomic E-state index is 12.9. The Labute approximate surface area is 190 Å². The maximum Gasteiger partial charge on any atom is 0.263 e. The lowest BCUT2D eigenvalue weighted by Crippen LogP contribution is -2.38. The molecule has 5 rings (SSSR count). The van der Waals surface area contributed by atoms with Crippen LogP contribution in [0, 0.1) is 0 Å². The lowest BCUT2D eigenvalue weighted by Gasteiger charge is -2.33. The second-order valence-electron chi connectivity index (χ2n) is 8.13. The van der Waals surface area contributed by atoms with Crippen molar-refractivity contribution >= 4 is 27.5 Å². The van der Waals surface area contributed by atoms with E-state index in [0.29, 0.717) is 18.0 Å². The molecule has 1 aliphatic heterocycles. The van der Waals surface area contributed by atoms with E-state index in [1.165, 1.54) is 11.3 Å². The highest BCUT2D eigenvalue weighted by atomic mass is 32.1. The van der Waals surface area contributed by atoms with Crippen molar-refractivity contribution < 1.29 is 9.53 Å². The first-order valence-electron chi connectivity index (χ1n) is 10.6. The number of nitrogens with one attached hydrogen (secondary N) is 1. The summed E-state index contributed by atoms with van der Waals surface area (Å²) >= 11 is 1.44. The molecule has 8 heteroatoms. The van der Waals surface area contributed by atoms with Crippen LogP contribution < -0.4 is 0 Å². The van der Waals surface area contributed by atoms with Crippen molar-refractivity contribution in [3.8, 4) is 11.3 Å². The minimum Gasteiger partial charge on any atom is -0.371 e. The van der Waals surface area contributed by atoms with E-state index in [1.807, 2.05) is 36.5 Å². The lowest BCUT2D eigenvalue weighted by atomic mass is 10.0. The van der Waals surface area contributed by atoms with Crippen molar-refractivity contribution in [2.24, 2.45) is 0 Å². The molecule has 3 aromatic heterocycles. The molecule has 4 heterocycles. The first kappa shape index (κ1) is 20.8. The SMILES string of the molecule is CN(C)C(=O)c1sc2ncccc2c1C1CN(Cc2cn[nH]c2-c2ccccc2)CCO1. The summed E-state index contributed by atoms with van der Waals surface area (Å²) in [7, 11) is 3.56. The van der Waals surface area contributed by atoms with Crippen LogP contribution in [0.5, 0.6) is 0 Å². The molecule has 0 saturated carbocycles. The Morgan fingerprint density at radius 2 is 2.09 bits per heavy atom. The van der Waals surface area contributed by atoms with Gasteiger partial charge in [-0.2, -0.15) is 5.10 Å². The fourth-order valence-corrected chi connectivity index (χ4v) is 5.40.